The van der Waals surface area contributed by atoms with Crippen LogP contribution in [0.4, 0.5) is 0 Å². The number of guanidine groups is 1. The molecule has 0 amide bonds. The molecule has 1 aromatic carbocycles. The number of rotatable bonds is 3. The fourth-order valence-corrected chi connectivity index (χ4v) is 2.50. The van der Waals surface area contributed by atoms with E-state index in [9.17, 15) is 0 Å². The molecule has 1 atom stereocenters. The summed E-state index contributed by atoms with van der Waals surface area (Å²) in [4.78, 5) is 6.74. The molecule has 3 nitrogen and oxygen atoms in total. The molecule has 0 aliphatic carbocycles. The highest BCUT2D eigenvalue weighted by molar-refractivity contribution is 14.0. The molecular formula is C16H22IN3. The molecule has 0 bridgehead atoms. The fraction of sp³-hybridized carbons (Fsp3) is 0.438. The first kappa shape index (κ1) is 16.8. The highest BCUT2D eigenvalue weighted by Gasteiger charge is 2.25. The van der Waals surface area contributed by atoms with Crippen molar-refractivity contribution in [1.82, 2.24) is 10.2 Å². The second kappa shape index (κ2) is 8.85. The first-order valence-electron chi connectivity index (χ1n) is 6.86. The van der Waals surface area contributed by atoms with Gasteiger partial charge in [-0.15, -0.1) is 30.4 Å². The van der Waals surface area contributed by atoms with Gasteiger partial charge in [-0.05, 0) is 18.9 Å². The maximum Gasteiger partial charge on any atom is 0.194 e. The summed E-state index contributed by atoms with van der Waals surface area (Å²) < 4.78 is 0. The van der Waals surface area contributed by atoms with Crippen molar-refractivity contribution in [2.45, 2.75) is 19.3 Å². The van der Waals surface area contributed by atoms with Crippen LogP contribution in [0.15, 0.2) is 35.3 Å². The van der Waals surface area contributed by atoms with Crippen LogP contribution in [0.25, 0.3) is 0 Å². The number of aliphatic imine (C=N–C) groups is 1. The lowest BCUT2D eigenvalue weighted by Gasteiger charge is -2.21. The molecule has 1 aliphatic rings. The molecule has 20 heavy (non-hydrogen) atoms. The Hall–Kier alpha value is -1.22. The third-order valence-electron chi connectivity index (χ3n) is 3.41. The lowest BCUT2D eigenvalue weighted by atomic mass is 9.99. The number of hydrogen-bond donors (Lipinski definition) is 1. The molecule has 108 valence electrons. The largest absolute Gasteiger partial charge is 0.356 e. The minimum absolute atomic E-state index is 0. The van der Waals surface area contributed by atoms with E-state index in [2.05, 4.69) is 58.4 Å². The van der Waals surface area contributed by atoms with Crippen molar-refractivity contribution in [2.24, 2.45) is 4.99 Å². The molecule has 4 heteroatoms. The highest BCUT2D eigenvalue weighted by atomic mass is 127. The highest BCUT2D eigenvalue weighted by Crippen LogP contribution is 2.26. The van der Waals surface area contributed by atoms with Crippen LogP contribution < -0.4 is 5.32 Å². The molecule has 0 saturated carbocycles. The molecule has 1 aliphatic heterocycles. The lowest BCUT2D eigenvalue weighted by molar-refractivity contribution is 0.487. The van der Waals surface area contributed by atoms with E-state index in [-0.39, 0.29) is 24.0 Å². The van der Waals surface area contributed by atoms with Gasteiger partial charge in [0, 0.05) is 25.6 Å². The summed E-state index contributed by atoms with van der Waals surface area (Å²) in [6.07, 6.45) is 6.46. The van der Waals surface area contributed by atoms with Gasteiger partial charge in [-0.1, -0.05) is 36.3 Å². The first-order valence-corrected chi connectivity index (χ1v) is 6.86. The number of nitrogens with zero attached hydrogens (tertiary/aromatic N) is 2. The van der Waals surface area contributed by atoms with Crippen LogP contribution in [-0.2, 0) is 0 Å². The van der Waals surface area contributed by atoms with Crippen LogP contribution in [0.5, 0.6) is 0 Å². The summed E-state index contributed by atoms with van der Waals surface area (Å²) >= 11 is 0. The van der Waals surface area contributed by atoms with Gasteiger partial charge in [0.05, 0.1) is 0 Å². The van der Waals surface area contributed by atoms with Crippen molar-refractivity contribution in [3.63, 3.8) is 0 Å². The molecular weight excluding hydrogens is 361 g/mol. The SMILES string of the molecule is C#CCN=C(NCC)N1CCC(c2ccccc2)C1.I. The summed E-state index contributed by atoms with van der Waals surface area (Å²) in [5, 5.41) is 3.31. The van der Waals surface area contributed by atoms with Gasteiger partial charge in [-0.25, -0.2) is 4.99 Å². The van der Waals surface area contributed by atoms with Crippen LogP contribution in [0.2, 0.25) is 0 Å². The standard InChI is InChI=1S/C16H21N3.HI/c1-3-11-18-16(17-4-2)19-12-10-15(13-19)14-8-6-5-7-9-14;/h1,5-9,15H,4,10-13H2,2H3,(H,17,18);1H. The first-order chi connectivity index (χ1) is 9.35. The third kappa shape index (κ3) is 4.41. The van der Waals surface area contributed by atoms with Crippen LogP contribution in [0, 0.1) is 12.3 Å². The van der Waals surface area contributed by atoms with Gasteiger partial charge in [0.1, 0.15) is 6.54 Å². The number of terminal acetylenes is 1. The van der Waals surface area contributed by atoms with E-state index >= 15 is 0 Å². The van der Waals surface area contributed by atoms with Crippen LogP contribution in [0.3, 0.4) is 0 Å². The van der Waals surface area contributed by atoms with Gasteiger partial charge in [-0.3, -0.25) is 0 Å². The zero-order valence-electron chi connectivity index (χ0n) is 11.9. The normalized spacial score (nSPS) is 18.3. The van der Waals surface area contributed by atoms with E-state index in [1.807, 2.05) is 0 Å². The number of hydrogen-bond acceptors (Lipinski definition) is 1. The maximum absolute atomic E-state index is 5.29. The van der Waals surface area contributed by atoms with Gasteiger partial charge in [-0.2, -0.15) is 0 Å². The Morgan fingerprint density at radius 3 is 2.85 bits per heavy atom. The molecule has 0 radical (unpaired) electrons. The van der Waals surface area contributed by atoms with Crippen molar-refractivity contribution in [3.8, 4) is 12.3 Å². The van der Waals surface area contributed by atoms with Crippen LogP contribution >= 0.6 is 24.0 Å². The Kier molecular flexibility index (Phi) is 7.45. The van der Waals surface area contributed by atoms with E-state index in [1.165, 1.54) is 12.0 Å². The predicted octanol–water partition coefficient (Wildman–Crippen LogP) is 2.69. The number of likely N-dealkylation sites (tertiary alicyclic amines) is 1. The Labute approximate surface area is 138 Å². The second-order valence-electron chi connectivity index (χ2n) is 4.72. The Bertz CT molecular complexity index is 464. The summed E-state index contributed by atoms with van der Waals surface area (Å²) in [6, 6.07) is 10.7. The van der Waals surface area contributed by atoms with E-state index in [4.69, 9.17) is 6.42 Å². The lowest BCUT2D eigenvalue weighted by Crippen LogP contribution is -2.40. The van der Waals surface area contributed by atoms with E-state index in [0.29, 0.717) is 12.5 Å². The predicted molar refractivity (Wildman–Crippen MR) is 95.6 cm³/mol. The molecule has 1 fully saturated rings. The zero-order valence-corrected chi connectivity index (χ0v) is 14.2. The molecule has 0 aromatic heterocycles. The summed E-state index contributed by atoms with van der Waals surface area (Å²) in [5.41, 5.74) is 1.41. The summed E-state index contributed by atoms with van der Waals surface area (Å²) in [7, 11) is 0. The quantitative estimate of drug-likeness (QED) is 0.376. The van der Waals surface area contributed by atoms with Gasteiger partial charge >= 0.3 is 0 Å². The van der Waals surface area contributed by atoms with E-state index in [1.54, 1.807) is 0 Å². The average molecular weight is 383 g/mol. The monoisotopic (exact) mass is 383 g/mol. The number of nitrogens with one attached hydrogen (secondary N) is 1. The Balaban J connectivity index is 0.00000200. The van der Waals surface area contributed by atoms with Gasteiger partial charge in [0.15, 0.2) is 5.96 Å². The van der Waals surface area contributed by atoms with E-state index in [0.717, 1.165) is 25.6 Å². The van der Waals surface area contributed by atoms with Crippen LogP contribution in [0.1, 0.15) is 24.8 Å². The fourth-order valence-electron chi connectivity index (χ4n) is 2.50. The molecule has 1 aromatic rings. The molecule has 1 heterocycles. The molecule has 2 rings (SSSR count). The Morgan fingerprint density at radius 1 is 1.45 bits per heavy atom. The molecule has 1 N–H and O–H groups in total. The van der Waals surface area contributed by atoms with Crippen molar-refractivity contribution in [3.05, 3.63) is 35.9 Å². The third-order valence-corrected chi connectivity index (χ3v) is 3.41. The molecule has 1 unspecified atom stereocenters. The summed E-state index contributed by atoms with van der Waals surface area (Å²) in [5.74, 6) is 4.11. The minimum atomic E-state index is 0. The van der Waals surface area contributed by atoms with Crippen molar-refractivity contribution in [2.75, 3.05) is 26.2 Å². The number of halogens is 1. The van der Waals surface area contributed by atoms with Gasteiger partial charge in [0.2, 0.25) is 0 Å². The number of benzene rings is 1. The van der Waals surface area contributed by atoms with E-state index < -0.39 is 0 Å². The van der Waals surface area contributed by atoms with Gasteiger partial charge in [0.25, 0.3) is 0 Å². The zero-order chi connectivity index (χ0) is 13.5. The Morgan fingerprint density at radius 2 is 2.20 bits per heavy atom. The van der Waals surface area contributed by atoms with Gasteiger partial charge < -0.3 is 10.2 Å². The maximum atomic E-state index is 5.29. The second-order valence-corrected chi connectivity index (χ2v) is 4.72. The molecule has 0 spiro atoms. The smallest absolute Gasteiger partial charge is 0.194 e. The summed E-state index contributed by atoms with van der Waals surface area (Å²) in [6.45, 7) is 5.44. The van der Waals surface area contributed by atoms with Crippen molar-refractivity contribution < 1.29 is 0 Å². The average Bonchev–Trinajstić information content (AvgIpc) is 2.94. The minimum Gasteiger partial charge on any atom is -0.356 e. The van der Waals surface area contributed by atoms with Crippen LogP contribution in [-0.4, -0.2) is 37.0 Å². The molecule has 1 saturated heterocycles. The van der Waals surface area contributed by atoms with Crippen molar-refractivity contribution >= 4 is 29.9 Å². The topological polar surface area (TPSA) is 27.6 Å². The van der Waals surface area contributed by atoms with Crippen molar-refractivity contribution in [1.29, 1.82) is 0 Å².